The number of benzene rings is 1. The van der Waals surface area contributed by atoms with Crippen LogP contribution in [0.3, 0.4) is 0 Å². The number of nitrogens with zero attached hydrogens (tertiary/aromatic N) is 2. The minimum atomic E-state index is 0.417. The van der Waals surface area contributed by atoms with E-state index in [0.717, 1.165) is 10.2 Å². The fourth-order valence-electron chi connectivity index (χ4n) is 1.25. The summed E-state index contributed by atoms with van der Waals surface area (Å²) < 4.78 is 1.13. The Morgan fingerprint density at radius 1 is 1.19 bits per heavy atom. The molecule has 84 valence electrons. The first-order chi connectivity index (χ1) is 7.74. The molecule has 1 aromatic carbocycles. The topological polar surface area (TPSA) is 39.7 Å². The maximum atomic E-state index is 5.79. The third kappa shape index (κ3) is 3.13. The van der Waals surface area contributed by atoms with E-state index < -0.39 is 0 Å². The van der Waals surface area contributed by atoms with Gasteiger partial charge in [-0.3, -0.25) is 15.8 Å². The molecule has 0 saturated carbocycles. The molecule has 0 aliphatic carbocycles. The fourth-order valence-corrected chi connectivity index (χ4v) is 1.66. The van der Waals surface area contributed by atoms with Crippen molar-refractivity contribution in [3.05, 3.63) is 47.1 Å². The molecule has 0 aromatic heterocycles. The lowest BCUT2D eigenvalue weighted by molar-refractivity contribution is 0.337. The lowest BCUT2D eigenvalue weighted by Gasteiger charge is -2.21. The van der Waals surface area contributed by atoms with Crippen LogP contribution in [0, 0.1) is 0 Å². The van der Waals surface area contributed by atoms with Crippen molar-refractivity contribution in [3.8, 4) is 0 Å². The van der Waals surface area contributed by atoms with E-state index in [1.165, 1.54) is 0 Å². The summed E-state index contributed by atoms with van der Waals surface area (Å²) in [6.45, 7) is 0.578. The number of aliphatic imine (C=N–C) groups is 1. The van der Waals surface area contributed by atoms with Crippen LogP contribution in [-0.4, -0.2) is 10.5 Å². The van der Waals surface area contributed by atoms with Crippen LogP contribution in [0.4, 0.5) is 0 Å². The Hall–Kier alpha value is -1.23. The Morgan fingerprint density at radius 3 is 2.62 bits per heavy atom. The van der Waals surface area contributed by atoms with Crippen molar-refractivity contribution >= 4 is 29.2 Å². The van der Waals surface area contributed by atoms with E-state index in [4.69, 9.17) is 23.4 Å². The van der Waals surface area contributed by atoms with Crippen molar-refractivity contribution in [1.82, 2.24) is 15.5 Å². The summed E-state index contributed by atoms with van der Waals surface area (Å²) >= 11 is 11.5. The summed E-state index contributed by atoms with van der Waals surface area (Å²) in [4.78, 5) is 4.33. The Labute approximate surface area is 104 Å². The molecule has 2 N–H and O–H groups in total. The summed E-state index contributed by atoms with van der Waals surface area (Å²) in [7, 11) is 0. The van der Waals surface area contributed by atoms with Crippen LogP contribution in [0.5, 0.6) is 0 Å². The first-order valence-corrected chi connectivity index (χ1v) is 5.40. The summed E-state index contributed by atoms with van der Waals surface area (Å²) in [6, 6.07) is 9.94. The molecule has 0 radical (unpaired) electrons. The van der Waals surface area contributed by atoms with Gasteiger partial charge in [-0.25, -0.2) is 0 Å². The molecular weight excluding hydrogens is 247 g/mol. The smallest absolute Gasteiger partial charge is 0.141 e. The Kier molecular flexibility index (Phi) is 3.66. The number of hydrogen-bond acceptors (Lipinski definition) is 3. The van der Waals surface area contributed by atoms with Gasteiger partial charge in [0, 0.05) is 17.9 Å². The van der Waals surface area contributed by atoms with Gasteiger partial charge in [-0.15, -0.1) is 0 Å². The number of nitrogens with one attached hydrogen (secondary N) is 2. The highest BCUT2D eigenvalue weighted by molar-refractivity contribution is 6.31. The molecule has 1 aromatic rings. The van der Waals surface area contributed by atoms with Crippen LogP contribution in [-0.2, 0) is 6.54 Å². The number of hydrogen-bond donors (Lipinski definition) is 2. The van der Waals surface area contributed by atoms with Crippen LogP contribution in [0.1, 0.15) is 5.56 Å². The molecule has 0 amide bonds. The normalized spacial score (nSPS) is 18.9. The molecular formula is C10H10Cl2N4. The summed E-state index contributed by atoms with van der Waals surface area (Å²) in [5.74, 6) is 0.614. The second-order valence-corrected chi connectivity index (χ2v) is 3.93. The standard InChI is InChI=1S/C10H10Cl2N4/c11-9-6-10(15-16(12)14-9)13-7-8-4-2-1-3-5-8/h1-6,14H,7H2,(H,13,15). The summed E-state index contributed by atoms with van der Waals surface area (Å²) in [5, 5.41) is 0.417. The van der Waals surface area contributed by atoms with E-state index in [2.05, 4.69) is 15.8 Å². The van der Waals surface area contributed by atoms with Gasteiger partial charge in [-0.2, -0.15) is 0 Å². The molecule has 2 rings (SSSR count). The van der Waals surface area contributed by atoms with Gasteiger partial charge in [0.2, 0.25) is 0 Å². The Bertz CT molecular complexity index is 416. The molecule has 0 fully saturated rings. The maximum Gasteiger partial charge on any atom is 0.141 e. The third-order valence-electron chi connectivity index (χ3n) is 1.96. The van der Waals surface area contributed by atoms with Gasteiger partial charge in [-0.1, -0.05) is 41.9 Å². The molecule has 0 bridgehead atoms. The van der Waals surface area contributed by atoms with Gasteiger partial charge in [-0.05, 0) is 10.2 Å². The van der Waals surface area contributed by atoms with Crippen molar-refractivity contribution in [3.63, 3.8) is 0 Å². The lowest BCUT2D eigenvalue weighted by Crippen LogP contribution is -2.46. The molecule has 0 saturated heterocycles. The van der Waals surface area contributed by atoms with Crippen molar-refractivity contribution in [1.29, 1.82) is 0 Å². The highest BCUT2D eigenvalue weighted by atomic mass is 35.5. The Balaban J connectivity index is 2.05. The molecule has 6 heteroatoms. The van der Waals surface area contributed by atoms with E-state index in [1.54, 1.807) is 6.08 Å². The second-order valence-electron chi connectivity index (χ2n) is 3.18. The molecule has 16 heavy (non-hydrogen) atoms. The molecule has 1 aliphatic rings. The molecule has 1 aliphatic heterocycles. The first-order valence-electron chi connectivity index (χ1n) is 4.69. The Morgan fingerprint density at radius 2 is 1.94 bits per heavy atom. The number of amidine groups is 1. The molecule has 0 spiro atoms. The zero-order valence-electron chi connectivity index (χ0n) is 8.32. The SMILES string of the molecule is ClC1=CC(=NCc2ccccc2)NN(Cl)N1. The van der Waals surface area contributed by atoms with Gasteiger partial charge < -0.3 is 0 Å². The minimum absolute atomic E-state index is 0.417. The zero-order chi connectivity index (χ0) is 11.4. The lowest BCUT2D eigenvalue weighted by atomic mass is 10.2. The fraction of sp³-hybridized carbons (Fsp3) is 0.100. The number of hydrazine groups is 2. The van der Waals surface area contributed by atoms with Crippen LogP contribution < -0.4 is 10.9 Å². The predicted octanol–water partition coefficient (Wildman–Crippen LogP) is 2.14. The van der Waals surface area contributed by atoms with Gasteiger partial charge >= 0.3 is 0 Å². The molecule has 4 nitrogen and oxygen atoms in total. The maximum absolute atomic E-state index is 5.79. The van der Waals surface area contributed by atoms with Crippen molar-refractivity contribution in [2.24, 2.45) is 4.99 Å². The minimum Gasteiger partial charge on any atom is -0.276 e. The largest absolute Gasteiger partial charge is 0.276 e. The van der Waals surface area contributed by atoms with E-state index in [0.29, 0.717) is 17.5 Å². The molecule has 0 atom stereocenters. The highest BCUT2D eigenvalue weighted by Gasteiger charge is 2.10. The van der Waals surface area contributed by atoms with Crippen molar-refractivity contribution in [2.75, 3.05) is 0 Å². The van der Waals surface area contributed by atoms with Gasteiger partial charge in [0.15, 0.2) is 0 Å². The first kappa shape index (κ1) is 11.3. The molecule has 0 unspecified atom stereocenters. The average molecular weight is 257 g/mol. The average Bonchev–Trinajstić information content (AvgIpc) is 2.27. The molecule has 1 heterocycles. The zero-order valence-corrected chi connectivity index (χ0v) is 9.83. The quantitative estimate of drug-likeness (QED) is 0.630. The summed E-state index contributed by atoms with van der Waals surface area (Å²) in [6.07, 6.45) is 1.67. The van der Waals surface area contributed by atoms with Crippen LogP contribution >= 0.6 is 23.4 Å². The predicted molar refractivity (Wildman–Crippen MR) is 65.5 cm³/mol. The second kappa shape index (κ2) is 5.21. The number of rotatable bonds is 2. The third-order valence-corrected chi connectivity index (χ3v) is 2.32. The van der Waals surface area contributed by atoms with Gasteiger partial charge in [0.25, 0.3) is 0 Å². The summed E-state index contributed by atoms with van der Waals surface area (Å²) in [5.41, 5.74) is 6.56. The van der Waals surface area contributed by atoms with E-state index in [9.17, 15) is 0 Å². The van der Waals surface area contributed by atoms with E-state index in [-0.39, 0.29) is 0 Å². The van der Waals surface area contributed by atoms with Crippen molar-refractivity contribution in [2.45, 2.75) is 6.54 Å². The van der Waals surface area contributed by atoms with Crippen LogP contribution in [0.2, 0.25) is 0 Å². The van der Waals surface area contributed by atoms with E-state index in [1.807, 2.05) is 30.3 Å². The van der Waals surface area contributed by atoms with Crippen LogP contribution in [0.25, 0.3) is 0 Å². The van der Waals surface area contributed by atoms with Crippen molar-refractivity contribution < 1.29 is 0 Å². The number of halogens is 2. The van der Waals surface area contributed by atoms with Crippen LogP contribution in [0.15, 0.2) is 46.6 Å². The van der Waals surface area contributed by atoms with Gasteiger partial charge in [0.1, 0.15) is 11.0 Å². The monoisotopic (exact) mass is 256 g/mol. The van der Waals surface area contributed by atoms with E-state index >= 15 is 0 Å². The highest BCUT2D eigenvalue weighted by Crippen LogP contribution is 2.06. The van der Waals surface area contributed by atoms with Gasteiger partial charge in [0.05, 0.1) is 6.54 Å².